The van der Waals surface area contributed by atoms with Crippen LogP contribution in [0.25, 0.3) is 0 Å². The monoisotopic (exact) mass is 309 g/mol. The van der Waals surface area contributed by atoms with Crippen LogP contribution in [0.1, 0.15) is 91.9 Å². The molecule has 0 aromatic heterocycles. The van der Waals surface area contributed by atoms with E-state index >= 15 is 0 Å². The molecule has 1 saturated heterocycles. The van der Waals surface area contributed by atoms with Crippen molar-refractivity contribution in [1.82, 2.24) is 5.32 Å². The maximum absolute atomic E-state index is 6.30. The van der Waals surface area contributed by atoms with Gasteiger partial charge < -0.3 is 10.1 Å². The number of rotatable bonds is 8. The lowest BCUT2D eigenvalue weighted by molar-refractivity contribution is -0.0493. The summed E-state index contributed by atoms with van der Waals surface area (Å²) in [7, 11) is 0. The first-order chi connectivity index (χ1) is 10.5. The second-order valence-electron chi connectivity index (χ2n) is 8.57. The topological polar surface area (TPSA) is 21.3 Å². The molecular formula is C20H39NO. The fourth-order valence-electron chi connectivity index (χ4n) is 4.57. The molecule has 1 aliphatic heterocycles. The zero-order valence-electron chi connectivity index (χ0n) is 15.5. The average molecular weight is 310 g/mol. The minimum Gasteiger partial charge on any atom is -0.373 e. The van der Waals surface area contributed by atoms with Crippen molar-refractivity contribution >= 4 is 0 Å². The fourth-order valence-corrected chi connectivity index (χ4v) is 4.57. The van der Waals surface area contributed by atoms with Crippen LogP contribution in [0.15, 0.2) is 0 Å². The van der Waals surface area contributed by atoms with E-state index in [1.54, 1.807) is 0 Å². The van der Waals surface area contributed by atoms with E-state index in [0.29, 0.717) is 11.5 Å². The Bertz CT molecular complexity index is 318. The van der Waals surface area contributed by atoms with Crippen LogP contribution in [-0.4, -0.2) is 24.8 Å². The summed E-state index contributed by atoms with van der Waals surface area (Å²) in [5, 5.41) is 3.70. The lowest BCUT2D eigenvalue weighted by atomic mass is 9.65. The highest BCUT2D eigenvalue weighted by atomic mass is 16.5. The molecule has 0 aromatic rings. The van der Waals surface area contributed by atoms with Gasteiger partial charge in [0.15, 0.2) is 0 Å². The van der Waals surface area contributed by atoms with Crippen LogP contribution in [0, 0.1) is 11.3 Å². The lowest BCUT2D eigenvalue weighted by Gasteiger charge is -2.43. The Kier molecular flexibility index (Phi) is 6.76. The second kappa shape index (κ2) is 8.15. The molecule has 2 heteroatoms. The molecule has 0 bridgehead atoms. The summed E-state index contributed by atoms with van der Waals surface area (Å²) in [5.41, 5.74) is 0.746. The third kappa shape index (κ3) is 4.71. The van der Waals surface area contributed by atoms with Gasteiger partial charge in [0.05, 0.1) is 12.2 Å². The van der Waals surface area contributed by atoms with Crippen LogP contribution in [0.3, 0.4) is 0 Å². The Morgan fingerprint density at radius 3 is 2.41 bits per heavy atom. The summed E-state index contributed by atoms with van der Waals surface area (Å²) >= 11 is 0. The van der Waals surface area contributed by atoms with Crippen LogP contribution >= 0.6 is 0 Å². The molecular weight excluding hydrogens is 270 g/mol. The zero-order chi connectivity index (χ0) is 16.1. The van der Waals surface area contributed by atoms with Crippen molar-refractivity contribution in [2.75, 3.05) is 13.2 Å². The molecule has 2 rings (SSSR count). The minimum atomic E-state index is 0.223. The summed E-state index contributed by atoms with van der Waals surface area (Å²) in [6.45, 7) is 11.7. The maximum Gasteiger partial charge on any atom is 0.0699 e. The molecule has 1 atom stereocenters. The van der Waals surface area contributed by atoms with Crippen LogP contribution in [0.4, 0.5) is 0 Å². The fraction of sp³-hybridized carbons (Fsp3) is 1.00. The highest BCUT2D eigenvalue weighted by molar-refractivity contribution is 4.97. The highest BCUT2D eigenvalue weighted by Crippen LogP contribution is 2.48. The van der Waals surface area contributed by atoms with E-state index in [9.17, 15) is 0 Å². The van der Waals surface area contributed by atoms with Crippen LogP contribution in [0.2, 0.25) is 0 Å². The normalized spacial score (nSPS) is 32.7. The molecule has 130 valence electrons. The van der Waals surface area contributed by atoms with E-state index in [2.05, 4.69) is 33.0 Å². The van der Waals surface area contributed by atoms with Crippen LogP contribution in [-0.2, 0) is 4.74 Å². The summed E-state index contributed by atoms with van der Waals surface area (Å²) < 4.78 is 6.30. The predicted molar refractivity (Wildman–Crippen MR) is 95.3 cm³/mol. The molecule has 1 aliphatic carbocycles. The van der Waals surface area contributed by atoms with Crippen LogP contribution < -0.4 is 5.32 Å². The smallest absolute Gasteiger partial charge is 0.0699 e. The van der Waals surface area contributed by atoms with Crippen molar-refractivity contribution in [2.45, 2.75) is 104 Å². The van der Waals surface area contributed by atoms with E-state index in [0.717, 1.165) is 19.1 Å². The third-order valence-corrected chi connectivity index (χ3v) is 6.35. The molecule has 0 radical (unpaired) electrons. The van der Waals surface area contributed by atoms with Gasteiger partial charge in [0.1, 0.15) is 0 Å². The van der Waals surface area contributed by atoms with Gasteiger partial charge in [-0.1, -0.05) is 47.0 Å². The first kappa shape index (κ1) is 18.3. The van der Waals surface area contributed by atoms with Gasteiger partial charge >= 0.3 is 0 Å². The number of ether oxygens (including phenoxy) is 1. The Balaban J connectivity index is 1.77. The molecule has 2 aliphatic rings. The molecule has 1 N–H and O–H groups in total. The van der Waals surface area contributed by atoms with Gasteiger partial charge in [0.25, 0.3) is 0 Å². The maximum atomic E-state index is 6.30. The Labute approximate surface area is 138 Å². The summed E-state index contributed by atoms with van der Waals surface area (Å²) in [6, 6.07) is 0.608. The van der Waals surface area contributed by atoms with Gasteiger partial charge in [-0.15, -0.1) is 0 Å². The molecule has 2 fully saturated rings. The average Bonchev–Trinajstić information content (AvgIpc) is 2.89. The number of hydrogen-bond donors (Lipinski definition) is 1. The Morgan fingerprint density at radius 1 is 1.09 bits per heavy atom. The SMILES string of the molecule is CCCCNC1COC2(CCC(C(C)(C)CCCC)CC2)C1. The molecule has 22 heavy (non-hydrogen) atoms. The largest absolute Gasteiger partial charge is 0.373 e. The molecule has 1 saturated carbocycles. The summed E-state index contributed by atoms with van der Waals surface area (Å²) in [6.07, 6.45) is 13.2. The first-order valence-corrected chi connectivity index (χ1v) is 9.89. The van der Waals surface area contributed by atoms with E-state index in [1.165, 1.54) is 64.2 Å². The molecule has 1 spiro atoms. The predicted octanol–water partition coefficient (Wildman–Crippen LogP) is 5.31. The number of unbranched alkanes of at least 4 members (excludes halogenated alkanes) is 2. The molecule has 0 aromatic carbocycles. The van der Waals surface area contributed by atoms with E-state index in [1.807, 2.05) is 0 Å². The van der Waals surface area contributed by atoms with Gasteiger partial charge in [-0.2, -0.15) is 0 Å². The van der Waals surface area contributed by atoms with E-state index in [4.69, 9.17) is 4.74 Å². The zero-order valence-corrected chi connectivity index (χ0v) is 15.5. The second-order valence-corrected chi connectivity index (χ2v) is 8.57. The first-order valence-electron chi connectivity index (χ1n) is 9.89. The number of hydrogen-bond acceptors (Lipinski definition) is 2. The molecule has 2 nitrogen and oxygen atoms in total. The summed E-state index contributed by atoms with van der Waals surface area (Å²) in [4.78, 5) is 0. The van der Waals surface area contributed by atoms with Gasteiger partial charge in [-0.25, -0.2) is 0 Å². The van der Waals surface area contributed by atoms with E-state index < -0.39 is 0 Å². The Hall–Kier alpha value is -0.0800. The highest BCUT2D eigenvalue weighted by Gasteiger charge is 2.45. The quantitative estimate of drug-likeness (QED) is 0.613. The summed E-state index contributed by atoms with van der Waals surface area (Å²) in [5.74, 6) is 0.903. The van der Waals surface area contributed by atoms with Crippen molar-refractivity contribution in [3.63, 3.8) is 0 Å². The van der Waals surface area contributed by atoms with Gasteiger partial charge in [-0.05, 0) is 62.8 Å². The third-order valence-electron chi connectivity index (χ3n) is 6.35. The standard InChI is InChI=1S/C20H39NO/c1-5-7-11-19(3,4)17-9-12-20(13-10-17)15-18(16-22-20)21-14-8-6-2/h17-18,21H,5-16H2,1-4H3. The van der Waals surface area contributed by atoms with Crippen molar-refractivity contribution in [2.24, 2.45) is 11.3 Å². The molecule has 1 unspecified atom stereocenters. The van der Waals surface area contributed by atoms with Crippen molar-refractivity contribution in [3.05, 3.63) is 0 Å². The van der Waals surface area contributed by atoms with Gasteiger partial charge in [0.2, 0.25) is 0 Å². The van der Waals surface area contributed by atoms with Crippen LogP contribution in [0.5, 0.6) is 0 Å². The molecule has 1 heterocycles. The lowest BCUT2D eigenvalue weighted by Crippen LogP contribution is -2.39. The van der Waals surface area contributed by atoms with E-state index in [-0.39, 0.29) is 5.60 Å². The number of nitrogens with one attached hydrogen (secondary N) is 1. The minimum absolute atomic E-state index is 0.223. The Morgan fingerprint density at radius 2 is 1.77 bits per heavy atom. The van der Waals surface area contributed by atoms with Crippen molar-refractivity contribution < 1.29 is 4.74 Å². The van der Waals surface area contributed by atoms with Gasteiger partial charge in [0, 0.05) is 6.04 Å². The van der Waals surface area contributed by atoms with Crippen molar-refractivity contribution in [3.8, 4) is 0 Å². The van der Waals surface area contributed by atoms with Gasteiger partial charge in [-0.3, -0.25) is 0 Å². The van der Waals surface area contributed by atoms with Crippen molar-refractivity contribution in [1.29, 1.82) is 0 Å². The molecule has 0 amide bonds.